The number of nitrogen functional groups attached to an aromatic ring is 1. The molecule has 102 valence electrons. The van der Waals surface area contributed by atoms with E-state index in [9.17, 15) is 4.79 Å². The third-order valence-electron chi connectivity index (χ3n) is 2.71. The Bertz CT molecular complexity index is 403. The van der Waals surface area contributed by atoms with Gasteiger partial charge in [0.1, 0.15) is 4.88 Å². The zero-order chi connectivity index (χ0) is 13.7. The van der Waals surface area contributed by atoms with Crippen LogP contribution in [-0.2, 0) is 0 Å². The van der Waals surface area contributed by atoms with E-state index in [1.807, 2.05) is 32.8 Å². The molecule has 0 atom stereocenters. The second-order valence-electron chi connectivity index (χ2n) is 4.51. The fourth-order valence-electron chi connectivity index (χ4n) is 1.74. The number of thiazole rings is 1. The van der Waals surface area contributed by atoms with Crippen molar-refractivity contribution in [1.82, 2.24) is 14.8 Å². The van der Waals surface area contributed by atoms with E-state index < -0.39 is 0 Å². The Morgan fingerprint density at radius 3 is 2.50 bits per heavy atom. The highest BCUT2D eigenvalue weighted by Crippen LogP contribution is 2.21. The lowest BCUT2D eigenvalue weighted by atomic mass is 10.3. The SMILES string of the molecule is CCN(CCCN(C)C)C(=O)c1sc(N)nc1C. The van der Waals surface area contributed by atoms with Gasteiger partial charge < -0.3 is 15.5 Å². The number of carbonyl (C=O) groups excluding carboxylic acids is 1. The minimum absolute atomic E-state index is 0.0444. The van der Waals surface area contributed by atoms with Gasteiger partial charge >= 0.3 is 0 Å². The summed E-state index contributed by atoms with van der Waals surface area (Å²) in [7, 11) is 4.07. The van der Waals surface area contributed by atoms with Gasteiger partial charge in [-0.25, -0.2) is 4.98 Å². The minimum atomic E-state index is 0.0444. The fraction of sp³-hybridized carbons (Fsp3) is 0.667. The van der Waals surface area contributed by atoms with Crippen molar-refractivity contribution < 1.29 is 4.79 Å². The van der Waals surface area contributed by atoms with E-state index in [1.165, 1.54) is 11.3 Å². The minimum Gasteiger partial charge on any atom is -0.375 e. The summed E-state index contributed by atoms with van der Waals surface area (Å²) in [5.74, 6) is 0.0444. The highest BCUT2D eigenvalue weighted by molar-refractivity contribution is 7.17. The van der Waals surface area contributed by atoms with E-state index in [-0.39, 0.29) is 5.91 Å². The molecule has 0 aliphatic heterocycles. The summed E-state index contributed by atoms with van der Waals surface area (Å²) in [4.78, 5) is 21.0. The average Bonchev–Trinajstić information content (AvgIpc) is 2.63. The number of rotatable bonds is 6. The van der Waals surface area contributed by atoms with Crippen molar-refractivity contribution in [2.75, 3.05) is 39.5 Å². The first-order valence-electron chi connectivity index (χ1n) is 6.12. The summed E-state index contributed by atoms with van der Waals surface area (Å²) in [6.45, 7) is 6.28. The molecule has 0 spiro atoms. The summed E-state index contributed by atoms with van der Waals surface area (Å²) in [5.41, 5.74) is 6.36. The molecular formula is C12H22N4OS. The average molecular weight is 270 g/mol. The number of amides is 1. The lowest BCUT2D eigenvalue weighted by Crippen LogP contribution is -2.33. The smallest absolute Gasteiger partial charge is 0.265 e. The zero-order valence-corrected chi connectivity index (χ0v) is 12.4. The Labute approximate surface area is 113 Å². The molecule has 0 fully saturated rings. The van der Waals surface area contributed by atoms with Crippen molar-refractivity contribution in [2.24, 2.45) is 0 Å². The zero-order valence-electron chi connectivity index (χ0n) is 11.6. The largest absolute Gasteiger partial charge is 0.375 e. The van der Waals surface area contributed by atoms with Gasteiger partial charge in [-0.05, 0) is 40.9 Å². The molecular weight excluding hydrogens is 248 g/mol. The summed E-state index contributed by atoms with van der Waals surface area (Å²) in [5, 5.41) is 0.459. The first-order valence-corrected chi connectivity index (χ1v) is 6.94. The van der Waals surface area contributed by atoms with Crippen LogP contribution in [0.1, 0.15) is 28.7 Å². The third kappa shape index (κ3) is 3.96. The maximum absolute atomic E-state index is 12.3. The van der Waals surface area contributed by atoms with Crippen LogP contribution < -0.4 is 5.73 Å². The second kappa shape index (κ2) is 6.70. The van der Waals surface area contributed by atoms with Crippen LogP contribution in [0.3, 0.4) is 0 Å². The number of aromatic nitrogens is 1. The topological polar surface area (TPSA) is 62.5 Å². The number of hydrogen-bond donors (Lipinski definition) is 1. The van der Waals surface area contributed by atoms with Crippen molar-refractivity contribution in [1.29, 1.82) is 0 Å². The Kier molecular flexibility index (Phi) is 5.55. The summed E-state index contributed by atoms with van der Waals surface area (Å²) >= 11 is 1.27. The Morgan fingerprint density at radius 2 is 2.06 bits per heavy atom. The third-order valence-corrected chi connectivity index (χ3v) is 3.68. The number of aryl methyl sites for hydroxylation is 1. The molecule has 1 heterocycles. The van der Waals surface area contributed by atoms with E-state index in [0.717, 1.165) is 25.2 Å². The van der Waals surface area contributed by atoms with Crippen LogP contribution in [0.15, 0.2) is 0 Å². The van der Waals surface area contributed by atoms with Crippen LogP contribution in [-0.4, -0.2) is 54.4 Å². The lowest BCUT2D eigenvalue weighted by Gasteiger charge is -2.21. The number of carbonyl (C=O) groups is 1. The quantitative estimate of drug-likeness (QED) is 0.850. The van der Waals surface area contributed by atoms with E-state index in [0.29, 0.717) is 16.6 Å². The molecule has 6 heteroatoms. The van der Waals surface area contributed by atoms with Crippen molar-refractivity contribution >= 4 is 22.4 Å². The van der Waals surface area contributed by atoms with Crippen LogP contribution in [0.2, 0.25) is 0 Å². The second-order valence-corrected chi connectivity index (χ2v) is 5.54. The van der Waals surface area contributed by atoms with Gasteiger partial charge in [0.05, 0.1) is 5.69 Å². The van der Waals surface area contributed by atoms with Gasteiger partial charge in [-0.15, -0.1) is 0 Å². The van der Waals surface area contributed by atoms with E-state index >= 15 is 0 Å². The van der Waals surface area contributed by atoms with Gasteiger partial charge in [-0.3, -0.25) is 4.79 Å². The highest BCUT2D eigenvalue weighted by atomic mass is 32.1. The predicted octanol–water partition coefficient (Wildman–Crippen LogP) is 1.45. The van der Waals surface area contributed by atoms with Crippen LogP contribution in [0.4, 0.5) is 5.13 Å². The van der Waals surface area contributed by atoms with Gasteiger partial charge in [0.15, 0.2) is 5.13 Å². The molecule has 18 heavy (non-hydrogen) atoms. The molecule has 1 aromatic heterocycles. The number of nitrogens with two attached hydrogens (primary N) is 1. The molecule has 0 aliphatic rings. The molecule has 1 rings (SSSR count). The number of anilines is 1. The molecule has 2 N–H and O–H groups in total. The van der Waals surface area contributed by atoms with Gasteiger partial charge in [-0.2, -0.15) is 0 Å². The van der Waals surface area contributed by atoms with E-state index in [1.54, 1.807) is 0 Å². The first kappa shape index (κ1) is 14.9. The Hall–Kier alpha value is -1.14. The normalized spacial score (nSPS) is 10.9. The van der Waals surface area contributed by atoms with Crippen LogP contribution in [0.25, 0.3) is 0 Å². The molecule has 0 saturated heterocycles. The Morgan fingerprint density at radius 1 is 1.39 bits per heavy atom. The summed E-state index contributed by atoms with van der Waals surface area (Å²) < 4.78 is 0. The maximum Gasteiger partial charge on any atom is 0.265 e. The summed E-state index contributed by atoms with van der Waals surface area (Å²) in [6.07, 6.45) is 0.972. The lowest BCUT2D eigenvalue weighted by molar-refractivity contribution is 0.0763. The molecule has 0 bridgehead atoms. The van der Waals surface area contributed by atoms with Crippen LogP contribution in [0, 0.1) is 6.92 Å². The van der Waals surface area contributed by atoms with E-state index in [4.69, 9.17) is 5.73 Å². The van der Waals surface area contributed by atoms with Crippen LogP contribution in [0.5, 0.6) is 0 Å². The monoisotopic (exact) mass is 270 g/mol. The standard InChI is InChI=1S/C12H22N4OS/c1-5-16(8-6-7-15(3)4)11(17)10-9(2)14-12(13)18-10/h5-8H2,1-4H3,(H2,13,14). The van der Waals surface area contributed by atoms with Gasteiger partial charge in [0.25, 0.3) is 5.91 Å². The van der Waals surface area contributed by atoms with Crippen molar-refractivity contribution in [3.8, 4) is 0 Å². The predicted molar refractivity (Wildman–Crippen MR) is 76.0 cm³/mol. The molecule has 0 unspecified atom stereocenters. The van der Waals surface area contributed by atoms with Crippen molar-refractivity contribution in [3.63, 3.8) is 0 Å². The summed E-state index contributed by atoms with van der Waals surface area (Å²) in [6, 6.07) is 0. The highest BCUT2D eigenvalue weighted by Gasteiger charge is 2.19. The number of hydrogen-bond acceptors (Lipinski definition) is 5. The first-order chi connectivity index (χ1) is 8.45. The van der Waals surface area contributed by atoms with Crippen molar-refractivity contribution in [2.45, 2.75) is 20.3 Å². The molecule has 1 amide bonds. The molecule has 0 aliphatic carbocycles. The maximum atomic E-state index is 12.3. The molecule has 0 radical (unpaired) electrons. The van der Waals surface area contributed by atoms with Gasteiger partial charge in [0, 0.05) is 13.1 Å². The molecule has 1 aromatic rings. The van der Waals surface area contributed by atoms with Gasteiger partial charge in [0.2, 0.25) is 0 Å². The molecule has 0 saturated carbocycles. The molecule has 5 nitrogen and oxygen atoms in total. The van der Waals surface area contributed by atoms with Crippen molar-refractivity contribution in [3.05, 3.63) is 10.6 Å². The fourth-order valence-corrected chi connectivity index (χ4v) is 2.54. The Balaban J connectivity index is 2.65. The van der Waals surface area contributed by atoms with Crippen LogP contribution >= 0.6 is 11.3 Å². The molecule has 0 aromatic carbocycles. The van der Waals surface area contributed by atoms with Gasteiger partial charge in [-0.1, -0.05) is 11.3 Å². The van der Waals surface area contributed by atoms with E-state index in [2.05, 4.69) is 9.88 Å². The number of nitrogens with zero attached hydrogens (tertiary/aromatic N) is 3.